The third-order valence-corrected chi connectivity index (χ3v) is 5.95. The zero-order valence-corrected chi connectivity index (χ0v) is 18.8. The molecule has 1 amide bonds. The third-order valence-electron chi connectivity index (χ3n) is 4.15. The van der Waals surface area contributed by atoms with Crippen LogP contribution in [0.2, 0.25) is 0 Å². The predicted molar refractivity (Wildman–Crippen MR) is 121 cm³/mol. The summed E-state index contributed by atoms with van der Waals surface area (Å²) in [5, 5.41) is 13.9. The van der Waals surface area contributed by atoms with E-state index in [-0.39, 0.29) is 18.3 Å². The molecule has 3 rings (SSSR count). The Labute approximate surface area is 188 Å². The van der Waals surface area contributed by atoms with E-state index in [4.69, 9.17) is 9.47 Å². The van der Waals surface area contributed by atoms with Gasteiger partial charge in [-0.3, -0.25) is 9.36 Å². The maximum Gasteiger partial charge on any atom is 0.340 e. The summed E-state index contributed by atoms with van der Waals surface area (Å²) >= 11 is 2.50. The van der Waals surface area contributed by atoms with Crippen molar-refractivity contribution in [3.8, 4) is 5.75 Å². The van der Waals surface area contributed by atoms with Crippen LogP contribution in [0.1, 0.15) is 21.7 Å². The van der Waals surface area contributed by atoms with E-state index in [1.807, 2.05) is 35.8 Å². The number of aromatic nitrogens is 3. The molecule has 3 aromatic rings. The van der Waals surface area contributed by atoms with Crippen LogP contribution in [0.3, 0.4) is 0 Å². The Kier molecular flexibility index (Phi) is 7.85. The van der Waals surface area contributed by atoms with Crippen molar-refractivity contribution in [1.82, 2.24) is 14.8 Å². The number of ether oxygens (including phenoxy) is 2. The number of nitrogens with zero attached hydrogens (tertiary/aromatic N) is 3. The average molecular weight is 459 g/mol. The molecule has 1 aromatic carbocycles. The van der Waals surface area contributed by atoms with Gasteiger partial charge in [0.2, 0.25) is 5.91 Å². The quantitative estimate of drug-likeness (QED) is 0.279. The molecule has 0 aliphatic rings. The molecule has 0 aliphatic carbocycles. The van der Waals surface area contributed by atoms with Crippen molar-refractivity contribution < 1.29 is 19.1 Å². The summed E-state index contributed by atoms with van der Waals surface area (Å²) in [6.07, 6.45) is 1.73. The van der Waals surface area contributed by atoms with Crippen molar-refractivity contribution in [3.05, 3.63) is 65.3 Å². The number of allylic oxidation sites excluding steroid dienone is 1. The Hall–Kier alpha value is -3.11. The Balaban J connectivity index is 1.61. The van der Waals surface area contributed by atoms with Gasteiger partial charge in [-0.2, -0.15) is 0 Å². The molecule has 0 bridgehead atoms. The second kappa shape index (κ2) is 10.8. The summed E-state index contributed by atoms with van der Waals surface area (Å²) < 4.78 is 12.4. The Morgan fingerprint density at radius 1 is 1.26 bits per heavy atom. The van der Waals surface area contributed by atoms with Crippen LogP contribution in [0.5, 0.6) is 5.75 Å². The van der Waals surface area contributed by atoms with Gasteiger partial charge in [0.25, 0.3) is 0 Å². The number of rotatable bonds is 10. The van der Waals surface area contributed by atoms with Gasteiger partial charge < -0.3 is 14.8 Å². The lowest BCUT2D eigenvalue weighted by atomic mass is 10.2. The van der Waals surface area contributed by atoms with Gasteiger partial charge in [-0.05, 0) is 30.5 Å². The maximum absolute atomic E-state index is 12.4. The molecule has 8 nitrogen and oxygen atoms in total. The molecular weight excluding hydrogens is 436 g/mol. The number of nitrogens with one attached hydrogen (secondary N) is 1. The van der Waals surface area contributed by atoms with Crippen molar-refractivity contribution in [2.24, 2.45) is 0 Å². The van der Waals surface area contributed by atoms with Crippen LogP contribution in [0.4, 0.5) is 5.00 Å². The number of hydrogen-bond acceptors (Lipinski definition) is 8. The van der Waals surface area contributed by atoms with Gasteiger partial charge in [0.05, 0.1) is 18.4 Å². The van der Waals surface area contributed by atoms with E-state index in [0.29, 0.717) is 28.1 Å². The van der Waals surface area contributed by atoms with Crippen LogP contribution in [-0.2, 0) is 22.7 Å². The van der Waals surface area contributed by atoms with Crippen molar-refractivity contribution in [2.45, 2.75) is 25.2 Å². The number of carbonyl (C=O) groups excluding carboxylic acids is 2. The first-order chi connectivity index (χ1) is 15.0. The Bertz CT molecular complexity index is 1060. The van der Waals surface area contributed by atoms with Gasteiger partial charge in [0.1, 0.15) is 17.4 Å². The van der Waals surface area contributed by atoms with E-state index in [1.54, 1.807) is 17.5 Å². The number of carbonyl (C=O) groups is 2. The summed E-state index contributed by atoms with van der Waals surface area (Å²) in [6, 6.07) is 9.36. The Morgan fingerprint density at radius 2 is 2.03 bits per heavy atom. The normalized spacial score (nSPS) is 10.5. The minimum atomic E-state index is -0.492. The van der Waals surface area contributed by atoms with Crippen LogP contribution in [0, 0.1) is 6.92 Å². The van der Waals surface area contributed by atoms with Gasteiger partial charge in [0, 0.05) is 6.54 Å². The first-order valence-corrected chi connectivity index (χ1v) is 11.2. The summed E-state index contributed by atoms with van der Waals surface area (Å²) in [6.45, 7) is 6.52. The minimum absolute atomic E-state index is 0.104. The lowest BCUT2D eigenvalue weighted by Crippen LogP contribution is -2.16. The molecule has 0 fully saturated rings. The number of esters is 1. The number of methoxy groups -OCH3 is 1. The van der Waals surface area contributed by atoms with Gasteiger partial charge >= 0.3 is 5.97 Å². The van der Waals surface area contributed by atoms with Gasteiger partial charge in [-0.25, -0.2) is 4.79 Å². The molecule has 31 heavy (non-hydrogen) atoms. The van der Waals surface area contributed by atoms with E-state index >= 15 is 0 Å². The van der Waals surface area contributed by atoms with Crippen molar-refractivity contribution in [2.75, 3.05) is 18.2 Å². The number of amides is 1. The summed E-state index contributed by atoms with van der Waals surface area (Å²) in [5.41, 5.74) is 1.48. The minimum Gasteiger partial charge on any atom is -0.486 e. The van der Waals surface area contributed by atoms with Crippen LogP contribution >= 0.6 is 23.1 Å². The number of anilines is 1. The smallest absolute Gasteiger partial charge is 0.340 e. The number of hydrogen-bond donors (Lipinski definition) is 1. The lowest BCUT2D eigenvalue weighted by molar-refractivity contribution is -0.113. The third kappa shape index (κ3) is 5.96. The predicted octanol–water partition coefficient (Wildman–Crippen LogP) is 3.93. The number of benzene rings is 1. The molecule has 0 atom stereocenters. The summed E-state index contributed by atoms with van der Waals surface area (Å²) in [7, 11) is 1.30. The molecule has 0 saturated heterocycles. The van der Waals surface area contributed by atoms with Crippen LogP contribution in [0.15, 0.2) is 53.5 Å². The zero-order valence-electron chi connectivity index (χ0n) is 17.2. The largest absolute Gasteiger partial charge is 0.486 e. The summed E-state index contributed by atoms with van der Waals surface area (Å²) in [5.74, 6) is 0.725. The second-order valence-electron chi connectivity index (χ2n) is 6.39. The van der Waals surface area contributed by atoms with E-state index in [9.17, 15) is 9.59 Å². The SMILES string of the molecule is C=CCn1c(COc2ccc(C)cc2)nnc1SCC(=O)Nc1sccc1C(=O)OC. The highest BCUT2D eigenvalue weighted by atomic mass is 32.2. The van der Waals surface area contributed by atoms with Gasteiger partial charge in [-0.15, -0.1) is 28.1 Å². The molecule has 10 heteroatoms. The highest BCUT2D eigenvalue weighted by Crippen LogP contribution is 2.25. The first-order valence-electron chi connectivity index (χ1n) is 9.32. The molecule has 2 heterocycles. The molecule has 0 saturated carbocycles. The second-order valence-corrected chi connectivity index (χ2v) is 8.25. The molecule has 1 N–H and O–H groups in total. The van der Waals surface area contributed by atoms with Crippen molar-refractivity contribution >= 4 is 40.0 Å². The molecule has 0 spiro atoms. The molecule has 162 valence electrons. The van der Waals surface area contributed by atoms with Crippen molar-refractivity contribution in [3.63, 3.8) is 0 Å². The van der Waals surface area contributed by atoms with Crippen LogP contribution in [0.25, 0.3) is 0 Å². The van der Waals surface area contributed by atoms with Gasteiger partial charge in [0.15, 0.2) is 11.0 Å². The van der Waals surface area contributed by atoms with Crippen molar-refractivity contribution in [1.29, 1.82) is 0 Å². The molecule has 0 radical (unpaired) electrons. The summed E-state index contributed by atoms with van der Waals surface area (Å²) in [4.78, 5) is 24.1. The fourth-order valence-corrected chi connectivity index (χ4v) is 4.15. The molecule has 0 unspecified atom stereocenters. The van der Waals surface area contributed by atoms with E-state index in [2.05, 4.69) is 22.1 Å². The Morgan fingerprint density at radius 3 is 2.74 bits per heavy atom. The molecular formula is C21H22N4O4S2. The van der Waals surface area contributed by atoms with E-state index < -0.39 is 5.97 Å². The maximum atomic E-state index is 12.4. The average Bonchev–Trinajstić information content (AvgIpc) is 3.38. The first kappa shape index (κ1) is 22.6. The van der Waals surface area contributed by atoms with E-state index in [0.717, 1.165) is 11.3 Å². The fraction of sp³-hybridized carbons (Fsp3) is 0.238. The monoisotopic (exact) mass is 458 g/mol. The zero-order chi connectivity index (χ0) is 22.2. The van der Waals surface area contributed by atoms with E-state index in [1.165, 1.54) is 30.2 Å². The molecule has 0 aliphatic heterocycles. The standard InChI is InChI=1S/C21H22N4O4S2/c1-4-10-25-17(12-29-15-7-5-14(2)6-8-15)23-24-21(25)31-13-18(26)22-19-16(9-11-30-19)20(27)28-3/h4-9,11H,1,10,12-13H2,2-3H3,(H,22,26). The highest BCUT2D eigenvalue weighted by molar-refractivity contribution is 7.99. The number of thiophene rings is 1. The molecule has 2 aromatic heterocycles. The lowest BCUT2D eigenvalue weighted by Gasteiger charge is -2.09. The highest BCUT2D eigenvalue weighted by Gasteiger charge is 2.17. The topological polar surface area (TPSA) is 95.3 Å². The number of aryl methyl sites for hydroxylation is 1. The van der Waals surface area contributed by atoms with Gasteiger partial charge in [-0.1, -0.05) is 35.5 Å². The van der Waals surface area contributed by atoms with Crippen LogP contribution < -0.4 is 10.1 Å². The fourth-order valence-electron chi connectivity index (χ4n) is 2.60. The van der Waals surface area contributed by atoms with Crippen LogP contribution in [-0.4, -0.2) is 39.5 Å². The number of thioether (sulfide) groups is 1.